The van der Waals surface area contributed by atoms with Gasteiger partial charge in [-0.15, -0.1) is 0 Å². The summed E-state index contributed by atoms with van der Waals surface area (Å²) in [5.41, 5.74) is 5.77. The standard InChI is InChI=1S/C12H19N3O2S2/c1-7(8-3-2-4-8)14-12-10(11(13)15-18-12)19(16,17)9-5-6-9/h7-9,14H,2-6H2,1H3,(H2,13,15). The maximum absolute atomic E-state index is 12.4. The van der Waals surface area contributed by atoms with Crippen LogP contribution in [0.1, 0.15) is 39.0 Å². The van der Waals surface area contributed by atoms with Gasteiger partial charge in [-0.2, -0.15) is 4.37 Å². The first-order valence-corrected chi connectivity index (χ1v) is 9.07. The summed E-state index contributed by atoms with van der Waals surface area (Å²) in [5, 5.41) is 3.70. The number of aromatic nitrogens is 1. The smallest absolute Gasteiger partial charge is 0.187 e. The normalized spacial score (nSPS) is 21.9. The van der Waals surface area contributed by atoms with Crippen molar-refractivity contribution in [3.63, 3.8) is 0 Å². The Kier molecular flexibility index (Phi) is 3.21. The van der Waals surface area contributed by atoms with Crippen LogP contribution in [0.5, 0.6) is 0 Å². The number of anilines is 2. The maximum atomic E-state index is 12.4. The largest absolute Gasteiger partial charge is 0.382 e. The third-order valence-electron chi connectivity index (χ3n) is 4.14. The van der Waals surface area contributed by atoms with Gasteiger partial charge in [0.1, 0.15) is 9.90 Å². The summed E-state index contributed by atoms with van der Waals surface area (Å²) in [6.45, 7) is 2.10. The van der Waals surface area contributed by atoms with Gasteiger partial charge in [0.2, 0.25) is 0 Å². The van der Waals surface area contributed by atoms with E-state index in [-0.39, 0.29) is 22.0 Å². The zero-order valence-electron chi connectivity index (χ0n) is 10.9. The molecule has 2 aliphatic carbocycles. The third kappa shape index (κ3) is 2.33. The second-order valence-corrected chi connectivity index (χ2v) is 8.53. The molecule has 3 N–H and O–H groups in total. The second kappa shape index (κ2) is 4.63. The van der Waals surface area contributed by atoms with Gasteiger partial charge >= 0.3 is 0 Å². The van der Waals surface area contributed by atoms with Crippen LogP contribution in [0.15, 0.2) is 4.90 Å². The van der Waals surface area contributed by atoms with Crippen LogP contribution in [0.4, 0.5) is 10.8 Å². The monoisotopic (exact) mass is 301 g/mol. The SMILES string of the molecule is CC(Nc1snc(N)c1S(=O)(=O)C1CC1)C1CCC1. The summed E-state index contributed by atoms with van der Waals surface area (Å²) in [6.07, 6.45) is 5.19. The molecule has 0 radical (unpaired) electrons. The van der Waals surface area contributed by atoms with Crippen molar-refractivity contribution in [2.75, 3.05) is 11.1 Å². The molecule has 0 saturated heterocycles. The fourth-order valence-corrected chi connectivity index (χ4v) is 5.44. The Balaban J connectivity index is 1.85. The van der Waals surface area contributed by atoms with E-state index in [1.54, 1.807) is 0 Å². The van der Waals surface area contributed by atoms with Crippen LogP contribution < -0.4 is 11.1 Å². The van der Waals surface area contributed by atoms with Crippen molar-refractivity contribution in [2.24, 2.45) is 5.92 Å². The minimum atomic E-state index is -3.28. The van der Waals surface area contributed by atoms with E-state index in [0.717, 1.165) is 24.4 Å². The number of sulfone groups is 1. The Bertz CT molecular complexity index is 574. The lowest BCUT2D eigenvalue weighted by Crippen LogP contribution is -2.31. The van der Waals surface area contributed by atoms with E-state index in [4.69, 9.17) is 5.73 Å². The highest BCUT2D eigenvalue weighted by molar-refractivity contribution is 7.92. The van der Waals surface area contributed by atoms with Crippen LogP contribution in [0.2, 0.25) is 0 Å². The van der Waals surface area contributed by atoms with E-state index in [2.05, 4.69) is 16.6 Å². The number of hydrogen-bond donors (Lipinski definition) is 2. The molecule has 1 aromatic heterocycles. The van der Waals surface area contributed by atoms with E-state index in [1.807, 2.05) is 0 Å². The molecule has 0 aliphatic heterocycles. The molecule has 2 saturated carbocycles. The quantitative estimate of drug-likeness (QED) is 0.871. The minimum Gasteiger partial charge on any atom is -0.382 e. The van der Waals surface area contributed by atoms with Crippen molar-refractivity contribution in [1.82, 2.24) is 4.37 Å². The van der Waals surface area contributed by atoms with E-state index >= 15 is 0 Å². The predicted molar refractivity (Wildman–Crippen MR) is 77.2 cm³/mol. The van der Waals surface area contributed by atoms with Gasteiger partial charge in [0.25, 0.3) is 0 Å². The number of nitrogens with zero attached hydrogens (tertiary/aromatic N) is 1. The second-order valence-electron chi connectivity index (χ2n) is 5.59. The van der Waals surface area contributed by atoms with Crippen molar-refractivity contribution in [1.29, 1.82) is 0 Å². The van der Waals surface area contributed by atoms with Gasteiger partial charge in [-0.25, -0.2) is 8.42 Å². The zero-order chi connectivity index (χ0) is 13.6. The Labute approximate surface area is 117 Å². The van der Waals surface area contributed by atoms with Crippen LogP contribution in [0, 0.1) is 5.92 Å². The number of rotatable bonds is 5. The maximum Gasteiger partial charge on any atom is 0.187 e. The Hall–Kier alpha value is -0.820. The summed E-state index contributed by atoms with van der Waals surface area (Å²) in [7, 11) is -3.28. The van der Waals surface area contributed by atoms with Gasteiger partial charge in [0.05, 0.1) is 5.25 Å². The minimum absolute atomic E-state index is 0.153. The number of hydrogen-bond acceptors (Lipinski definition) is 6. The molecule has 0 spiro atoms. The van der Waals surface area contributed by atoms with Gasteiger partial charge in [-0.1, -0.05) is 6.42 Å². The fraction of sp³-hybridized carbons (Fsp3) is 0.750. The van der Waals surface area contributed by atoms with Crippen molar-refractivity contribution in [2.45, 2.75) is 55.2 Å². The average molecular weight is 301 g/mol. The third-order valence-corrected chi connectivity index (χ3v) is 7.39. The van der Waals surface area contributed by atoms with Gasteiger partial charge in [0, 0.05) is 6.04 Å². The molecule has 106 valence electrons. The molecule has 7 heteroatoms. The molecule has 1 atom stereocenters. The zero-order valence-corrected chi connectivity index (χ0v) is 12.6. The first-order valence-electron chi connectivity index (χ1n) is 6.75. The fourth-order valence-electron chi connectivity index (χ4n) is 2.47. The molecule has 3 rings (SSSR count). The number of nitrogens with two attached hydrogens (primary N) is 1. The highest BCUT2D eigenvalue weighted by atomic mass is 32.2. The van der Waals surface area contributed by atoms with E-state index in [1.165, 1.54) is 19.3 Å². The Morgan fingerprint density at radius 3 is 2.58 bits per heavy atom. The highest BCUT2D eigenvalue weighted by Crippen LogP contribution is 2.42. The van der Waals surface area contributed by atoms with Gasteiger partial charge < -0.3 is 11.1 Å². The molecule has 19 heavy (non-hydrogen) atoms. The summed E-state index contributed by atoms with van der Waals surface area (Å²) < 4.78 is 28.8. The van der Waals surface area contributed by atoms with E-state index in [9.17, 15) is 8.42 Å². The molecule has 1 aromatic rings. The summed E-state index contributed by atoms with van der Waals surface area (Å²) in [4.78, 5) is 0.242. The molecule has 2 fully saturated rings. The van der Waals surface area contributed by atoms with Gasteiger partial charge in [-0.05, 0) is 50.1 Å². The topological polar surface area (TPSA) is 85.1 Å². The van der Waals surface area contributed by atoms with E-state index < -0.39 is 9.84 Å². The van der Waals surface area contributed by atoms with Crippen LogP contribution in [0.25, 0.3) is 0 Å². The molecule has 1 unspecified atom stereocenters. The van der Waals surface area contributed by atoms with E-state index in [0.29, 0.717) is 10.9 Å². The van der Waals surface area contributed by atoms with Crippen molar-refractivity contribution in [3.8, 4) is 0 Å². The molecule has 2 aliphatic rings. The predicted octanol–water partition coefficient (Wildman–Crippen LogP) is 2.26. The van der Waals surface area contributed by atoms with Crippen LogP contribution in [0.3, 0.4) is 0 Å². The lowest BCUT2D eigenvalue weighted by atomic mass is 9.80. The first-order chi connectivity index (χ1) is 9.00. The molecule has 0 bridgehead atoms. The van der Waals surface area contributed by atoms with Gasteiger partial charge in [0.15, 0.2) is 15.7 Å². The number of nitrogen functional groups attached to an aromatic ring is 1. The molecule has 0 aromatic carbocycles. The van der Waals surface area contributed by atoms with Crippen LogP contribution in [-0.2, 0) is 9.84 Å². The number of nitrogens with one attached hydrogen (secondary N) is 1. The van der Waals surface area contributed by atoms with Crippen molar-refractivity contribution >= 4 is 32.2 Å². The molecule has 5 nitrogen and oxygen atoms in total. The summed E-state index contributed by atoms with van der Waals surface area (Å²) in [5.74, 6) is 0.792. The first kappa shape index (κ1) is 13.2. The average Bonchev–Trinajstić information content (AvgIpc) is 3.02. The molecule has 0 amide bonds. The lowest BCUT2D eigenvalue weighted by molar-refractivity contribution is 0.285. The summed E-state index contributed by atoms with van der Waals surface area (Å²) >= 11 is 1.16. The lowest BCUT2D eigenvalue weighted by Gasteiger charge is -2.32. The molecular weight excluding hydrogens is 282 g/mol. The Morgan fingerprint density at radius 2 is 2.05 bits per heavy atom. The molecule has 1 heterocycles. The van der Waals surface area contributed by atoms with Crippen molar-refractivity contribution in [3.05, 3.63) is 0 Å². The summed E-state index contributed by atoms with van der Waals surface area (Å²) in [6, 6.07) is 0.279. The van der Waals surface area contributed by atoms with Crippen molar-refractivity contribution < 1.29 is 8.42 Å². The molecular formula is C12H19N3O2S2. The van der Waals surface area contributed by atoms with Crippen LogP contribution in [-0.4, -0.2) is 24.1 Å². The Morgan fingerprint density at radius 1 is 1.37 bits per heavy atom. The highest BCUT2D eigenvalue weighted by Gasteiger charge is 2.41. The van der Waals surface area contributed by atoms with Gasteiger partial charge in [-0.3, -0.25) is 0 Å². The van der Waals surface area contributed by atoms with Crippen LogP contribution >= 0.6 is 11.5 Å².